The largest absolute Gasteiger partial charge is 0.496 e. The van der Waals surface area contributed by atoms with E-state index in [-0.39, 0.29) is 0 Å². The van der Waals surface area contributed by atoms with Gasteiger partial charge in [-0.3, -0.25) is 4.90 Å². The van der Waals surface area contributed by atoms with Crippen molar-refractivity contribution in [2.24, 2.45) is 5.92 Å². The first-order chi connectivity index (χ1) is 9.83. The molecule has 20 heavy (non-hydrogen) atoms. The Balaban J connectivity index is 1.53. The van der Waals surface area contributed by atoms with E-state index >= 15 is 0 Å². The van der Waals surface area contributed by atoms with Crippen molar-refractivity contribution in [3.8, 4) is 17.2 Å². The molecule has 1 N–H and O–H groups in total. The van der Waals surface area contributed by atoms with E-state index in [4.69, 9.17) is 14.2 Å². The molecule has 2 atom stereocenters. The summed E-state index contributed by atoms with van der Waals surface area (Å²) >= 11 is 0. The second-order valence-electron chi connectivity index (χ2n) is 5.82. The van der Waals surface area contributed by atoms with Crippen LogP contribution in [0.1, 0.15) is 12.0 Å². The van der Waals surface area contributed by atoms with E-state index in [1.807, 2.05) is 6.07 Å². The molecule has 3 aliphatic heterocycles. The molecule has 0 spiro atoms. The maximum absolute atomic E-state index is 5.50. The van der Waals surface area contributed by atoms with Crippen molar-refractivity contribution in [1.82, 2.24) is 10.2 Å². The van der Waals surface area contributed by atoms with Crippen LogP contribution in [-0.2, 0) is 6.54 Å². The van der Waals surface area contributed by atoms with Crippen LogP contribution in [0.3, 0.4) is 0 Å². The second-order valence-corrected chi connectivity index (χ2v) is 5.82. The molecular weight excluding hydrogens is 256 g/mol. The van der Waals surface area contributed by atoms with Crippen molar-refractivity contribution in [2.45, 2.75) is 19.0 Å². The van der Waals surface area contributed by atoms with Crippen molar-refractivity contribution in [2.75, 3.05) is 33.5 Å². The highest BCUT2D eigenvalue weighted by molar-refractivity contribution is 5.51. The second kappa shape index (κ2) is 4.82. The average molecular weight is 276 g/mol. The van der Waals surface area contributed by atoms with Crippen LogP contribution in [0, 0.1) is 5.92 Å². The van der Waals surface area contributed by atoms with Gasteiger partial charge in [0.1, 0.15) is 5.75 Å². The summed E-state index contributed by atoms with van der Waals surface area (Å²) in [5.74, 6) is 3.32. The van der Waals surface area contributed by atoms with E-state index in [0.29, 0.717) is 12.8 Å². The third-order valence-corrected chi connectivity index (χ3v) is 4.61. The van der Waals surface area contributed by atoms with Crippen LogP contribution < -0.4 is 19.5 Å². The number of hydrogen-bond donors (Lipinski definition) is 1. The van der Waals surface area contributed by atoms with Crippen LogP contribution in [0.15, 0.2) is 12.1 Å². The fraction of sp³-hybridized carbons (Fsp3) is 0.600. The number of nitrogens with zero attached hydrogens (tertiary/aromatic N) is 1. The van der Waals surface area contributed by atoms with Crippen LogP contribution >= 0.6 is 0 Å². The minimum atomic E-state index is 0.305. The molecule has 108 valence electrons. The summed E-state index contributed by atoms with van der Waals surface area (Å²) in [6, 6.07) is 4.67. The van der Waals surface area contributed by atoms with E-state index in [9.17, 15) is 0 Å². The van der Waals surface area contributed by atoms with Crippen LogP contribution in [0.2, 0.25) is 0 Å². The first-order valence-electron chi connectivity index (χ1n) is 7.26. The lowest BCUT2D eigenvalue weighted by atomic mass is 10.1. The highest BCUT2D eigenvalue weighted by Crippen LogP contribution is 2.39. The van der Waals surface area contributed by atoms with E-state index in [0.717, 1.165) is 36.3 Å². The first kappa shape index (κ1) is 12.3. The van der Waals surface area contributed by atoms with Gasteiger partial charge in [-0.1, -0.05) is 0 Å². The van der Waals surface area contributed by atoms with Crippen LogP contribution in [0.25, 0.3) is 0 Å². The van der Waals surface area contributed by atoms with E-state index in [1.54, 1.807) is 7.11 Å². The minimum absolute atomic E-state index is 0.305. The van der Waals surface area contributed by atoms with Gasteiger partial charge in [-0.15, -0.1) is 0 Å². The van der Waals surface area contributed by atoms with Gasteiger partial charge >= 0.3 is 0 Å². The molecule has 4 rings (SSSR count). The monoisotopic (exact) mass is 276 g/mol. The Morgan fingerprint density at radius 3 is 2.95 bits per heavy atom. The molecule has 0 bridgehead atoms. The lowest BCUT2D eigenvalue weighted by Crippen LogP contribution is -2.30. The zero-order chi connectivity index (χ0) is 13.5. The van der Waals surface area contributed by atoms with E-state index in [1.165, 1.54) is 25.1 Å². The third-order valence-electron chi connectivity index (χ3n) is 4.61. The van der Waals surface area contributed by atoms with Crippen molar-refractivity contribution in [1.29, 1.82) is 0 Å². The Morgan fingerprint density at radius 2 is 2.15 bits per heavy atom. The lowest BCUT2D eigenvalue weighted by molar-refractivity contribution is 0.174. The fourth-order valence-electron chi connectivity index (χ4n) is 3.59. The number of methoxy groups -OCH3 is 1. The Kier molecular flexibility index (Phi) is 2.97. The standard InChI is InChI=1S/C15H20N2O3/c1-18-13-5-15-14(19-9-20-15)4-11(13)7-17-6-10-2-3-16-12(10)8-17/h4-5,10,12,16H,2-3,6-9H2,1H3/t10-,12+/m0/s1. The lowest BCUT2D eigenvalue weighted by Gasteiger charge is -2.19. The van der Waals surface area contributed by atoms with E-state index in [2.05, 4.69) is 16.3 Å². The van der Waals surface area contributed by atoms with Crippen molar-refractivity contribution in [3.05, 3.63) is 17.7 Å². The highest BCUT2D eigenvalue weighted by Gasteiger charge is 2.36. The molecule has 0 unspecified atom stereocenters. The summed E-state index contributed by atoms with van der Waals surface area (Å²) in [5, 5.41) is 3.59. The summed E-state index contributed by atoms with van der Waals surface area (Å²) in [6.07, 6.45) is 1.31. The number of ether oxygens (including phenoxy) is 3. The Bertz CT molecular complexity index is 508. The molecule has 0 aliphatic carbocycles. The van der Waals surface area contributed by atoms with Gasteiger partial charge in [0.25, 0.3) is 0 Å². The number of fused-ring (bicyclic) bond motifs is 2. The number of nitrogens with one attached hydrogen (secondary N) is 1. The number of rotatable bonds is 3. The SMILES string of the molecule is COc1cc2c(cc1CN1C[C@@H]3CCN[C@@H]3C1)OCO2. The molecule has 2 fully saturated rings. The van der Waals surface area contributed by atoms with Gasteiger partial charge in [0.05, 0.1) is 7.11 Å². The number of likely N-dealkylation sites (tertiary alicyclic amines) is 1. The summed E-state index contributed by atoms with van der Waals surface area (Å²) < 4.78 is 16.4. The summed E-state index contributed by atoms with van der Waals surface area (Å²) in [7, 11) is 1.71. The highest BCUT2D eigenvalue weighted by atomic mass is 16.7. The Hall–Kier alpha value is -1.46. The predicted octanol–water partition coefficient (Wildman–Crippen LogP) is 1.22. The van der Waals surface area contributed by atoms with Crippen LogP contribution in [0.4, 0.5) is 0 Å². The maximum Gasteiger partial charge on any atom is 0.231 e. The van der Waals surface area contributed by atoms with Gasteiger partial charge in [-0.25, -0.2) is 0 Å². The minimum Gasteiger partial charge on any atom is -0.496 e. The number of hydrogen-bond acceptors (Lipinski definition) is 5. The quantitative estimate of drug-likeness (QED) is 0.899. The summed E-state index contributed by atoms with van der Waals surface area (Å²) in [6.45, 7) is 4.70. The molecule has 0 aromatic heterocycles. The molecule has 3 heterocycles. The van der Waals surface area contributed by atoms with E-state index < -0.39 is 0 Å². The van der Waals surface area contributed by atoms with Gasteiger partial charge in [0.15, 0.2) is 11.5 Å². The molecular formula is C15H20N2O3. The zero-order valence-electron chi connectivity index (χ0n) is 11.7. The topological polar surface area (TPSA) is 43.0 Å². The maximum atomic E-state index is 5.50. The summed E-state index contributed by atoms with van der Waals surface area (Å²) in [4.78, 5) is 2.50. The van der Waals surface area contributed by atoms with Crippen LogP contribution in [-0.4, -0.2) is 44.5 Å². The molecule has 0 saturated carbocycles. The predicted molar refractivity (Wildman–Crippen MR) is 74.3 cm³/mol. The Morgan fingerprint density at radius 1 is 1.30 bits per heavy atom. The molecule has 0 amide bonds. The molecule has 5 heteroatoms. The first-order valence-corrected chi connectivity index (χ1v) is 7.26. The number of benzene rings is 1. The van der Waals surface area contributed by atoms with Crippen molar-refractivity contribution in [3.63, 3.8) is 0 Å². The summed E-state index contributed by atoms with van der Waals surface area (Å²) in [5.41, 5.74) is 1.18. The zero-order valence-corrected chi connectivity index (χ0v) is 11.7. The van der Waals surface area contributed by atoms with Crippen LogP contribution in [0.5, 0.6) is 17.2 Å². The molecule has 1 aromatic rings. The van der Waals surface area contributed by atoms with Crippen molar-refractivity contribution < 1.29 is 14.2 Å². The van der Waals surface area contributed by atoms with Gasteiger partial charge in [-0.2, -0.15) is 0 Å². The normalized spacial score (nSPS) is 27.9. The molecule has 1 aromatic carbocycles. The molecule has 2 saturated heterocycles. The van der Waals surface area contributed by atoms with Gasteiger partial charge in [0.2, 0.25) is 6.79 Å². The fourth-order valence-corrected chi connectivity index (χ4v) is 3.59. The molecule has 3 aliphatic rings. The average Bonchev–Trinajstić information content (AvgIpc) is 3.12. The smallest absolute Gasteiger partial charge is 0.231 e. The van der Waals surface area contributed by atoms with Crippen molar-refractivity contribution >= 4 is 0 Å². The Labute approximate surface area is 118 Å². The molecule has 0 radical (unpaired) electrons. The van der Waals surface area contributed by atoms with Gasteiger partial charge in [-0.05, 0) is 24.9 Å². The van der Waals surface area contributed by atoms with Gasteiger partial charge < -0.3 is 19.5 Å². The third kappa shape index (κ3) is 2.01. The molecule has 5 nitrogen and oxygen atoms in total. The van der Waals surface area contributed by atoms with Gasteiger partial charge in [0, 0.05) is 37.3 Å².